The van der Waals surface area contributed by atoms with E-state index in [1.54, 1.807) is 0 Å². The minimum Gasteiger partial charge on any atom is -0.456 e. The van der Waals surface area contributed by atoms with Crippen LogP contribution in [0.4, 0.5) is 17.1 Å². The van der Waals surface area contributed by atoms with Gasteiger partial charge in [0, 0.05) is 44.3 Å². The lowest BCUT2D eigenvalue weighted by molar-refractivity contribution is 0.669. The van der Waals surface area contributed by atoms with Crippen LogP contribution in [0.15, 0.2) is 186 Å². The number of para-hydroxylation sites is 3. The number of fused-ring (bicyclic) bond motifs is 7. The van der Waals surface area contributed by atoms with Gasteiger partial charge in [-0.2, -0.15) is 0 Å². The third-order valence-corrected chi connectivity index (χ3v) is 9.74. The van der Waals surface area contributed by atoms with E-state index < -0.39 is 0 Å². The topological polar surface area (TPSA) is 21.3 Å². The van der Waals surface area contributed by atoms with Crippen LogP contribution in [-0.4, -0.2) is 4.57 Å². The fourth-order valence-electron chi connectivity index (χ4n) is 7.52. The van der Waals surface area contributed by atoms with Gasteiger partial charge in [-0.15, -0.1) is 0 Å². The Morgan fingerprint density at radius 2 is 1.12 bits per heavy atom. The normalized spacial score (nSPS) is 11.7. The maximum Gasteiger partial charge on any atom is 0.135 e. The van der Waals surface area contributed by atoms with Crippen molar-refractivity contribution in [2.75, 3.05) is 4.90 Å². The molecule has 0 saturated carbocycles. The van der Waals surface area contributed by atoms with Crippen molar-refractivity contribution < 1.29 is 4.42 Å². The number of hydrogen-bond acceptors (Lipinski definition) is 2. The van der Waals surface area contributed by atoms with Crippen molar-refractivity contribution in [2.24, 2.45) is 0 Å². The Morgan fingerprint density at radius 1 is 0.408 bits per heavy atom. The Bertz CT molecular complexity index is 2830. The molecule has 0 radical (unpaired) electrons. The molecule has 0 N–H and O–H groups in total. The number of hydrogen-bond donors (Lipinski definition) is 0. The van der Waals surface area contributed by atoms with Gasteiger partial charge in [0.15, 0.2) is 0 Å². The van der Waals surface area contributed by atoms with Crippen LogP contribution in [0.3, 0.4) is 0 Å². The largest absolute Gasteiger partial charge is 0.456 e. The fourth-order valence-corrected chi connectivity index (χ4v) is 7.52. The van der Waals surface area contributed by atoms with Gasteiger partial charge >= 0.3 is 0 Å². The number of aromatic nitrogens is 1. The van der Waals surface area contributed by atoms with E-state index in [1.807, 2.05) is 12.1 Å². The summed E-state index contributed by atoms with van der Waals surface area (Å²) in [6.07, 6.45) is 0. The van der Waals surface area contributed by atoms with Gasteiger partial charge in [0.05, 0.1) is 11.0 Å². The monoisotopic (exact) mass is 626 g/mol. The molecule has 0 amide bonds. The lowest BCUT2D eigenvalue weighted by Gasteiger charge is -2.26. The van der Waals surface area contributed by atoms with E-state index >= 15 is 0 Å². The predicted octanol–water partition coefficient (Wildman–Crippen LogP) is 13.0. The van der Waals surface area contributed by atoms with Gasteiger partial charge in [-0.25, -0.2) is 0 Å². The second-order valence-electron chi connectivity index (χ2n) is 12.6. The summed E-state index contributed by atoms with van der Waals surface area (Å²) in [5.74, 6) is 0. The van der Waals surface area contributed by atoms with E-state index in [0.717, 1.165) is 50.2 Å². The summed E-state index contributed by atoms with van der Waals surface area (Å²) in [7, 11) is 0. The number of rotatable bonds is 5. The summed E-state index contributed by atoms with van der Waals surface area (Å²) in [5, 5.41) is 7.18. The molecule has 0 aliphatic heterocycles. The van der Waals surface area contributed by atoms with Crippen LogP contribution in [0, 0.1) is 0 Å². The minimum atomic E-state index is 0.888. The highest BCUT2D eigenvalue weighted by molar-refractivity contribution is 6.17. The van der Waals surface area contributed by atoms with E-state index in [-0.39, 0.29) is 0 Å². The molecule has 2 heterocycles. The van der Waals surface area contributed by atoms with Crippen LogP contribution >= 0.6 is 0 Å². The van der Waals surface area contributed by atoms with Crippen LogP contribution < -0.4 is 4.90 Å². The summed E-state index contributed by atoms with van der Waals surface area (Å²) < 4.78 is 8.62. The molecule has 10 aromatic rings. The average molecular weight is 627 g/mol. The van der Waals surface area contributed by atoms with E-state index in [0.29, 0.717) is 0 Å². The molecule has 0 aliphatic carbocycles. The molecule has 3 nitrogen and oxygen atoms in total. The molecular weight excluding hydrogens is 597 g/mol. The third-order valence-electron chi connectivity index (χ3n) is 9.74. The van der Waals surface area contributed by atoms with Gasteiger partial charge in [-0.1, -0.05) is 109 Å². The first-order valence-electron chi connectivity index (χ1n) is 16.7. The molecule has 0 unspecified atom stereocenters. The van der Waals surface area contributed by atoms with Crippen molar-refractivity contribution in [1.29, 1.82) is 0 Å². The Hall–Kier alpha value is -6.58. The number of anilines is 3. The van der Waals surface area contributed by atoms with Crippen molar-refractivity contribution >= 4 is 71.6 Å². The van der Waals surface area contributed by atoms with Crippen LogP contribution in [0.2, 0.25) is 0 Å². The molecule has 0 atom stereocenters. The SMILES string of the molecule is c1ccc(N(c2ccc3oc4ccccc4c3c2)c2ccc3c4c(-c5ccc6ccccc6c5)cccc4n(-c4ccccc4)c3c2)cc1. The lowest BCUT2D eigenvalue weighted by atomic mass is 9.97. The van der Waals surface area contributed by atoms with Crippen LogP contribution in [-0.2, 0) is 0 Å². The molecule has 0 aliphatic rings. The summed E-state index contributed by atoms with van der Waals surface area (Å²) in [6, 6.07) is 65.1. The van der Waals surface area contributed by atoms with E-state index in [4.69, 9.17) is 4.42 Å². The van der Waals surface area contributed by atoms with Crippen molar-refractivity contribution in [3.8, 4) is 16.8 Å². The van der Waals surface area contributed by atoms with Crippen LogP contribution in [0.25, 0.3) is 71.3 Å². The fraction of sp³-hybridized carbons (Fsp3) is 0. The molecule has 0 fully saturated rings. The van der Waals surface area contributed by atoms with Crippen LogP contribution in [0.5, 0.6) is 0 Å². The smallest absolute Gasteiger partial charge is 0.135 e. The van der Waals surface area contributed by atoms with Gasteiger partial charge in [0.2, 0.25) is 0 Å². The molecule has 0 bridgehead atoms. The van der Waals surface area contributed by atoms with Crippen molar-refractivity contribution in [2.45, 2.75) is 0 Å². The molecule has 230 valence electrons. The molecule has 3 heteroatoms. The molecular formula is C46H30N2O. The summed E-state index contributed by atoms with van der Waals surface area (Å²) >= 11 is 0. The lowest BCUT2D eigenvalue weighted by Crippen LogP contribution is -2.10. The third kappa shape index (κ3) is 4.44. The molecule has 8 aromatic carbocycles. The van der Waals surface area contributed by atoms with Gasteiger partial charge in [0.1, 0.15) is 11.2 Å². The molecule has 0 spiro atoms. The van der Waals surface area contributed by atoms with Gasteiger partial charge in [0.25, 0.3) is 0 Å². The highest BCUT2D eigenvalue weighted by atomic mass is 16.3. The van der Waals surface area contributed by atoms with Crippen LogP contribution in [0.1, 0.15) is 0 Å². The van der Waals surface area contributed by atoms with Crippen molar-refractivity contribution in [3.05, 3.63) is 182 Å². The maximum atomic E-state index is 6.20. The number of benzene rings is 8. The standard InChI is InChI=1S/C46H30N2O/c1-3-14-34(15-4-1)47(36-25-27-45-41(29-36)39-18-9-10-21-44(39)49-45)37-24-26-40-43(30-37)48(35-16-5-2-6-17-35)42-20-11-19-38(46(40)42)33-23-22-31-12-7-8-13-32(31)28-33/h1-30H. The molecule has 10 rings (SSSR count). The second-order valence-corrected chi connectivity index (χ2v) is 12.6. The first-order valence-corrected chi connectivity index (χ1v) is 16.7. The zero-order chi connectivity index (χ0) is 32.3. The summed E-state index contributed by atoms with van der Waals surface area (Å²) in [4.78, 5) is 2.35. The maximum absolute atomic E-state index is 6.20. The van der Waals surface area contributed by atoms with Crippen molar-refractivity contribution in [1.82, 2.24) is 4.57 Å². The number of nitrogens with zero attached hydrogens (tertiary/aromatic N) is 2. The first-order chi connectivity index (χ1) is 24.3. The molecule has 0 saturated heterocycles. The quantitative estimate of drug-likeness (QED) is 0.190. The van der Waals surface area contributed by atoms with E-state index in [1.165, 1.54) is 38.2 Å². The van der Waals surface area contributed by atoms with E-state index in [2.05, 4.69) is 179 Å². The first kappa shape index (κ1) is 27.5. The average Bonchev–Trinajstić information content (AvgIpc) is 3.71. The number of furan rings is 1. The highest BCUT2D eigenvalue weighted by Crippen LogP contribution is 2.43. The Morgan fingerprint density at radius 3 is 2.00 bits per heavy atom. The zero-order valence-corrected chi connectivity index (χ0v) is 26.6. The van der Waals surface area contributed by atoms with Crippen molar-refractivity contribution in [3.63, 3.8) is 0 Å². The highest BCUT2D eigenvalue weighted by Gasteiger charge is 2.20. The summed E-state index contributed by atoms with van der Waals surface area (Å²) in [6.45, 7) is 0. The van der Waals surface area contributed by atoms with Gasteiger partial charge < -0.3 is 13.9 Å². The Balaban J connectivity index is 1.24. The Kier molecular flexibility index (Phi) is 6.18. The second kappa shape index (κ2) is 11.0. The zero-order valence-electron chi connectivity index (χ0n) is 26.6. The summed E-state index contributed by atoms with van der Waals surface area (Å²) in [5.41, 5.74) is 10.9. The van der Waals surface area contributed by atoms with E-state index in [9.17, 15) is 0 Å². The predicted molar refractivity (Wildman–Crippen MR) is 206 cm³/mol. The molecule has 2 aromatic heterocycles. The Labute approximate surface area is 283 Å². The minimum absolute atomic E-state index is 0.888. The van der Waals surface area contributed by atoms with Gasteiger partial charge in [-0.3, -0.25) is 0 Å². The van der Waals surface area contributed by atoms with Gasteiger partial charge in [-0.05, 0) is 94.7 Å². The molecule has 49 heavy (non-hydrogen) atoms.